The summed E-state index contributed by atoms with van der Waals surface area (Å²) >= 11 is 0. The van der Waals surface area contributed by atoms with Crippen LogP contribution in [0.3, 0.4) is 0 Å². The number of aldehydes is 1. The van der Waals surface area contributed by atoms with Crippen molar-refractivity contribution in [1.82, 2.24) is 0 Å². The maximum atomic E-state index is 12.7. The lowest BCUT2D eigenvalue weighted by Gasteiger charge is -2.36. The Morgan fingerprint density at radius 2 is 2.31 bits per heavy atom. The first-order valence-corrected chi connectivity index (χ1v) is 5.21. The second-order valence-corrected chi connectivity index (χ2v) is 3.89. The number of anilines is 1. The monoisotopic (exact) mass is 223 g/mol. The van der Waals surface area contributed by atoms with Gasteiger partial charge >= 0.3 is 0 Å². The molecule has 0 radical (unpaired) electrons. The predicted octanol–water partition coefficient (Wildman–Crippen LogP) is 1.73. The number of alkyl halides is 1. The third-order valence-electron chi connectivity index (χ3n) is 2.78. The number of carbonyl (C=O) groups is 1. The van der Waals surface area contributed by atoms with Crippen LogP contribution >= 0.6 is 0 Å². The van der Waals surface area contributed by atoms with Crippen molar-refractivity contribution in [3.63, 3.8) is 0 Å². The number of nitrogens with zero attached hydrogens (tertiary/aromatic N) is 1. The van der Waals surface area contributed by atoms with Gasteiger partial charge in [0.25, 0.3) is 0 Å². The van der Waals surface area contributed by atoms with E-state index in [-0.39, 0.29) is 0 Å². The van der Waals surface area contributed by atoms with Gasteiger partial charge in [-0.2, -0.15) is 0 Å². The van der Waals surface area contributed by atoms with E-state index < -0.39 is 12.3 Å². The first-order valence-electron chi connectivity index (χ1n) is 5.21. The van der Waals surface area contributed by atoms with Crippen molar-refractivity contribution in [2.75, 3.05) is 25.1 Å². The molecule has 0 aliphatic carbocycles. The Labute approximate surface area is 93.8 Å². The molecule has 0 spiro atoms. The van der Waals surface area contributed by atoms with Crippen LogP contribution in [-0.4, -0.2) is 32.7 Å². The van der Waals surface area contributed by atoms with Crippen molar-refractivity contribution in [3.8, 4) is 0 Å². The lowest BCUT2D eigenvalue weighted by atomic mass is 10.1. The molecule has 1 atom stereocenters. The minimum absolute atomic E-state index is 0.433. The van der Waals surface area contributed by atoms with E-state index in [1.165, 1.54) is 7.11 Å². The Morgan fingerprint density at radius 3 is 2.88 bits per heavy atom. The van der Waals surface area contributed by atoms with Gasteiger partial charge in [0.15, 0.2) is 6.29 Å². The zero-order valence-corrected chi connectivity index (χ0v) is 9.10. The van der Waals surface area contributed by atoms with Gasteiger partial charge in [0.05, 0.1) is 13.1 Å². The third kappa shape index (κ3) is 2.07. The molecule has 1 aliphatic rings. The molecule has 1 fully saturated rings. The van der Waals surface area contributed by atoms with Crippen LogP contribution in [-0.2, 0) is 9.53 Å². The number of carbonyl (C=O) groups excluding carboxylic acids is 1. The molecule has 1 saturated heterocycles. The smallest absolute Gasteiger partial charge is 0.153 e. The fourth-order valence-corrected chi connectivity index (χ4v) is 1.80. The van der Waals surface area contributed by atoms with Crippen molar-refractivity contribution in [2.24, 2.45) is 0 Å². The molecule has 0 aromatic heterocycles. The third-order valence-corrected chi connectivity index (χ3v) is 2.78. The molecule has 1 unspecified atom stereocenters. The van der Waals surface area contributed by atoms with E-state index in [1.807, 2.05) is 29.2 Å². The fourth-order valence-electron chi connectivity index (χ4n) is 1.80. The van der Waals surface area contributed by atoms with Gasteiger partial charge < -0.3 is 14.4 Å². The molecule has 4 heteroatoms. The normalized spacial score (nSPS) is 18.0. The molecule has 0 amide bonds. The molecule has 1 aliphatic heterocycles. The molecule has 2 rings (SSSR count). The molecule has 0 bridgehead atoms. The summed E-state index contributed by atoms with van der Waals surface area (Å²) in [7, 11) is 1.49. The van der Waals surface area contributed by atoms with E-state index in [0.29, 0.717) is 13.1 Å². The van der Waals surface area contributed by atoms with Gasteiger partial charge in [-0.15, -0.1) is 0 Å². The number of rotatable bonds is 4. The van der Waals surface area contributed by atoms with Crippen molar-refractivity contribution in [2.45, 2.75) is 12.3 Å². The van der Waals surface area contributed by atoms with Crippen LogP contribution in [0.1, 0.15) is 11.7 Å². The van der Waals surface area contributed by atoms with E-state index in [4.69, 9.17) is 4.74 Å². The summed E-state index contributed by atoms with van der Waals surface area (Å²) in [5, 5.41) is 0. The second-order valence-electron chi connectivity index (χ2n) is 3.89. The first kappa shape index (κ1) is 11.1. The summed E-state index contributed by atoms with van der Waals surface area (Å²) < 4.78 is 17.8. The Hall–Kier alpha value is -1.42. The van der Waals surface area contributed by atoms with Crippen LogP contribution in [0.5, 0.6) is 0 Å². The molecule has 0 N–H and O–H groups in total. The Bertz CT molecular complexity index is 377. The SMILES string of the molecule is COC(C=O)c1cccc(N2CC(F)C2)c1. The van der Waals surface area contributed by atoms with Crippen LogP contribution in [0.4, 0.5) is 10.1 Å². The highest BCUT2D eigenvalue weighted by Gasteiger charge is 2.26. The lowest BCUT2D eigenvalue weighted by Crippen LogP contribution is -2.48. The quantitative estimate of drug-likeness (QED) is 0.728. The van der Waals surface area contributed by atoms with E-state index in [2.05, 4.69) is 0 Å². The van der Waals surface area contributed by atoms with Gasteiger partial charge in [-0.3, -0.25) is 0 Å². The maximum absolute atomic E-state index is 12.7. The van der Waals surface area contributed by atoms with Crippen molar-refractivity contribution < 1.29 is 13.9 Å². The topological polar surface area (TPSA) is 29.5 Å². The van der Waals surface area contributed by atoms with Crippen LogP contribution in [0.2, 0.25) is 0 Å². The largest absolute Gasteiger partial charge is 0.369 e. The van der Waals surface area contributed by atoms with Crippen LogP contribution < -0.4 is 4.90 Å². The Kier molecular flexibility index (Phi) is 3.19. The van der Waals surface area contributed by atoms with E-state index >= 15 is 0 Å². The number of ether oxygens (including phenoxy) is 1. The average molecular weight is 223 g/mol. The maximum Gasteiger partial charge on any atom is 0.153 e. The van der Waals surface area contributed by atoms with Gasteiger partial charge in [-0.05, 0) is 17.7 Å². The van der Waals surface area contributed by atoms with Crippen molar-refractivity contribution >= 4 is 12.0 Å². The Balaban J connectivity index is 2.16. The second kappa shape index (κ2) is 4.61. The van der Waals surface area contributed by atoms with Crippen LogP contribution in [0.25, 0.3) is 0 Å². The number of hydrogen-bond donors (Lipinski definition) is 0. The first-order chi connectivity index (χ1) is 7.74. The molecule has 0 saturated carbocycles. The molecule has 1 aromatic carbocycles. The van der Waals surface area contributed by atoms with E-state index in [1.54, 1.807) is 0 Å². The van der Waals surface area contributed by atoms with Crippen LogP contribution in [0.15, 0.2) is 24.3 Å². The Morgan fingerprint density at radius 1 is 1.56 bits per heavy atom. The number of halogens is 1. The summed E-state index contributed by atoms with van der Waals surface area (Å²) in [5.41, 5.74) is 1.74. The highest BCUT2D eigenvalue weighted by molar-refractivity contribution is 5.62. The summed E-state index contributed by atoms with van der Waals surface area (Å²) in [6.45, 7) is 0.865. The summed E-state index contributed by atoms with van der Waals surface area (Å²) in [4.78, 5) is 12.7. The fraction of sp³-hybridized carbons (Fsp3) is 0.417. The molecular weight excluding hydrogens is 209 g/mol. The van der Waals surface area contributed by atoms with Crippen LogP contribution in [0, 0.1) is 0 Å². The summed E-state index contributed by atoms with van der Waals surface area (Å²) in [6.07, 6.45) is -0.511. The summed E-state index contributed by atoms with van der Waals surface area (Å²) in [5.74, 6) is 0. The van der Waals surface area contributed by atoms with E-state index in [0.717, 1.165) is 17.5 Å². The highest BCUT2D eigenvalue weighted by atomic mass is 19.1. The van der Waals surface area contributed by atoms with Gasteiger partial charge in [0.2, 0.25) is 0 Å². The number of methoxy groups -OCH3 is 1. The van der Waals surface area contributed by atoms with Gasteiger partial charge in [-0.25, -0.2) is 4.39 Å². The number of benzene rings is 1. The van der Waals surface area contributed by atoms with E-state index in [9.17, 15) is 9.18 Å². The molecule has 1 heterocycles. The average Bonchev–Trinajstić information content (AvgIpc) is 2.27. The van der Waals surface area contributed by atoms with Crippen molar-refractivity contribution in [1.29, 1.82) is 0 Å². The minimum Gasteiger partial charge on any atom is -0.369 e. The highest BCUT2D eigenvalue weighted by Crippen LogP contribution is 2.25. The molecular formula is C12H14FNO2. The predicted molar refractivity (Wildman–Crippen MR) is 59.4 cm³/mol. The number of hydrogen-bond acceptors (Lipinski definition) is 3. The standard InChI is InChI=1S/C12H14FNO2/c1-16-12(8-15)9-3-2-4-11(5-9)14-6-10(13)7-14/h2-5,8,10,12H,6-7H2,1H3. The van der Waals surface area contributed by atoms with Gasteiger partial charge in [0, 0.05) is 12.8 Å². The molecule has 3 nitrogen and oxygen atoms in total. The lowest BCUT2D eigenvalue weighted by molar-refractivity contribution is -0.116. The minimum atomic E-state index is -0.729. The molecule has 1 aromatic rings. The zero-order chi connectivity index (χ0) is 11.5. The van der Waals surface area contributed by atoms with Gasteiger partial charge in [0.1, 0.15) is 12.3 Å². The molecule has 16 heavy (non-hydrogen) atoms. The van der Waals surface area contributed by atoms with Crippen molar-refractivity contribution in [3.05, 3.63) is 29.8 Å². The van der Waals surface area contributed by atoms with Gasteiger partial charge in [-0.1, -0.05) is 12.1 Å². The summed E-state index contributed by atoms with van der Waals surface area (Å²) in [6, 6.07) is 7.46. The zero-order valence-electron chi connectivity index (χ0n) is 9.10. The molecule has 86 valence electrons.